The second-order valence-corrected chi connectivity index (χ2v) is 4.66. The second kappa shape index (κ2) is 5.13. The number of methoxy groups -OCH3 is 1. The van der Waals surface area contributed by atoms with Crippen molar-refractivity contribution in [1.82, 2.24) is 0 Å². The van der Waals surface area contributed by atoms with E-state index in [2.05, 4.69) is 13.8 Å². The van der Waals surface area contributed by atoms with E-state index in [1.807, 2.05) is 42.5 Å². The van der Waals surface area contributed by atoms with Crippen molar-refractivity contribution in [2.75, 3.05) is 7.11 Å². The van der Waals surface area contributed by atoms with E-state index in [0.29, 0.717) is 11.7 Å². The van der Waals surface area contributed by atoms with Gasteiger partial charge in [-0.3, -0.25) is 0 Å². The Morgan fingerprint density at radius 1 is 1.00 bits per heavy atom. The molecule has 18 heavy (non-hydrogen) atoms. The molecule has 0 aliphatic rings. The molecular weight excluding hydrogens is 224 g/mol. The highest BCUT2D eigenvalue weighted by atomic mass is 16.5. The van der Waals surface area contributed by atoms with E-state index >= 15 is 0 Å². The Morgan fingerprint density at radius 3 is 2.33 bits per heavy atom. The lowest BCUT2D eigenvalue weighted by molar-refractivity contribution is 0.415. The maximum Gasteiger partial charge on any atom is 0.119 e. The number of ether oxygens (including phenoxy) is 1. The summed E-state index contributed by atoms with van der Waals surface area (Å²) in [6, 6.07) is 13.6. The first kappa shape index (κ1) is 12.5. The van der Waals surface area contributed by atoms with Gasteiger partial charge in [-0.05, 0) is 40.8 Å². The predicted molar refractivity (Wildman–Crippen MR) is 74.2 cm³/mol. The maximum absolute atomic E-state index is 10.0. The fraction of sp³-hybridized carbons (Fsp3) is 0.250. The third kappa shape index (κ3) is 2.48. The molecule has 0 atom stereocenters. The van der Waals surface area contributed by atoms with Crippen LogP contribution in [0, 0.1) is 0 Å². The van der Waals surface area contributed by atoms with Crippen LogP contribution in [0.25, 0.3) is 11.1 Å². The van der Waals surface area contributed by atoms with Crippen LogP contribution in [0.15, 0.2) is 42.5 Å². The summed E-state index contributed by atoms with van der Waals surface area (Å²) in [4.78, 5) is 0. The molecule has 2 nitrogen and oxygen atoms in total. The van der Waals surface area contributed by atoms with Gasteiger partial charge >= 0.3 is 0 Å². The van der Waals surface area contributed by atoms with Crippen molar-refractivity contribution in [3.8, 4) is 22.6 Å². The van der Waals surface area contributed by atoms with Crippen molar-refractivity contribution >= 4 is 0 Å². The summed E-state index contributed by atoms with van der Waals surface area (Å²) in [5.41, 5.74) is 3.01. The van der Waals surface area contributed by atoms with E-state index in [1.165, 1.54) is 0 Å². The lowest BCUT2D eigenvalue weighted by atomic mass is 9.97. The molecule has 1 N–H and O–H groups in total. The molecule has 2 aromatic carbocycles. The fourth-order valence-corrected chi connectivity index (χ4v) is 2.01. The average molecular weight is 242 g/mol. The number of phenolic OH excluding ortho intramolecular Hbond substituents is 1. The molecule has 2 heteroatoms. The smallest absolute Gasteiger partial charge is 0.119 e. The lowest BCUT2D eigenvalue weighted by Gasteiger charge is -2.10. The Balaban J connectivity index is 2.42. The Bertz CT molecular complexity index is 545. The molecule has 2 aromatic rings. The lowest BCUT2D eigenvalue weighted by Crippen LogP contribution is -1.89. The van der Waals surface area contributed by atoms with Gasteiger partial charge < -0.3 is 9.84 Å². The number of benzene rings is 2. The molecule has 2 rings (SSSR count). The minimum absolute atomic E-state index is 0.323. The first-order valence-electron chi connectivity index (χ1n) is 6.09. The summed E-state index contributed by atoms with van der Waals surface area (Å²) in [5.74, 6) is 1.50. The van der Waals surface area contributed by atoms with Crippen molar-refractivity contribution in [1.29, 1.82) is 0 Å². The Kier molecular flexibility index (Phi) is 3.56. The summed E-state index contributed by atoms with van der Waals surface area (Å²) in [7, 11) is 1.65. The van der Waals surface area contributed by atoms with E-state index in [1.54, 1.807) is 7.11 Å². The molecule has 0 heterocycles. The van der Waals surface area contributed by atoms with Gasteiger partial charge in [-0.25, -0.2) is 0 Å². The first-order valence-corrected chi connectivity index (χ1v) is 6.09. The standard InChI is InChI=1S/C16H18O2/c1-11(2)15-8-7-13(10-16(15)17)12-5-4-6-14(9-12)18-3/h4-11,17H,1-3H3. The minimum atomic E-state index is 0.323. The highest BCUT2D eigenvalue weighted by molar-refractivity contribution is 5.67. The molecule has 0 aliphatic heterocycles. The zero-order valence-electron chi connectivity index (χ0n) is 11.0. The zero-order valence-corrected chi connectivity index (χ0v) is 11.0. The highest BCUT2D eigenvalue weighted by Crippen LogP contribution is 2.31. The number of hydrogen-bond donors (Lipinski definition) is 1. The molecule has 0 spiro atoms. The van der Waals surface area contributed by atoms with Crippen LogP contribution in [0.5, 0.6) is 11.5 Å². The fourth-order valence-electron chi connectivity index (χ4n) is 2.01. The third-order valence-corrected chi connectivity index (χ3v) is 3.06. The largest absolute Gasteiger partial charge is 0.508 e. The van der Waals surface area contributed by atoms with E-state index in [-0.39, 0.29) is 0 Å². The summed E-state index contributed by atoms with van der Waals surface area (Å²) in [6.45, 7) is 4.14. The van der Waals surface area contributed by atoms with Crippen LogP contribution in [-0.2, 0) is 0 Å². The SMILES string of the molecule is COc1cccc(-c2ccc(C(C)C)c(O)c2)c1. The Labute approximate surface area is 108 Å². The van der Waals surface area contributed by atoms with Crippen LogP contribution in [0.1, 0.15) is 25.3 Å². The van der Waals surface area contributed by atoms with Crippen LogP contribution >= 0.6 is 0 Å². The molecule has 0 radical (unpaired) electrons. The second-order valence-electron chi connectivity index (χ2n) is 4.66. The van der Waals surface area contributed by atoms with Crippen LogP contribution in [0.3, 0.4) is 0 Å². The summed E-state index contributed by atoms with van der Waals surface area (Å²) < 4.78 is 5.21. The van der Waals surface area contributed by atoms with Gasteiger partial charge in [0.25, 0.3) is 0 Å². The predicted octanol–water partition coefficient (Wildman–Crippen LogP) is 4.19. The van der Waals surface area contributed by atoms with Gasteiger partial charge in [0.2, 0.25) is 0 Å². The van der Waals surface area contributed by atoms with E-state index in [9.17, 15) is 5.11 Å². The Hall–Kier alpha value is -1.96. The van der Waals surface area contributed by atoms with Crippen molar-refractivity contribution in [2.45, 2.75) is 19.8 Å². The van der Waals surface area contributed by atoms with Crippen LogP contribution in [-0.4, -0.2) is 12.2 Å². The molecular formula is C16H18O2. The van der Waals surface area contributed by atoms with Gasteiger partial charge in [-0.1, -0.05) is 38.1 Å². The topological polar surface area (TPSA) is 29.5 Å². The third-order valence-electron chi connectivity index (χ3n) is 3.06. The van der Waals surface area contributed by atoms with Gasteiger partial charge in [-0.15, -0.1) is 0 Å². The highest BCUT2D eigenvalue weighted by Gasteiger charge is 2.07. The normalized spacial score (nSPS) is 10.7. The van der Waals surface area contributed by atoms with E-state index < -0.39 is 0 Å². The molecule has 0 aliphatic carbocycles. The van der Waals surface area contributed by atoms with Crippen molar-refractivity contribution in [3.05, 3.63) is 48.0 Å². The Morgan fingerprint density at radius 2 is 1.72 bits per heavy atom. The molecule has 0 bridgehead atoms. The van der Waals surface area contributed by atoms with Crippen LogP contribution in [0.4, 0.5) is 0 Å². The minimum Gasteiger partial charge on any atom is -0.508 e. The first-order chi connectivity index (χ1) is 8.61. The number of rotatable bonds is 3. The summed E-state index contributed by atoms with van der Waals surface area (Å²) in [5, 5.41) is 10.0. The molecule has 0 amide bonds. The van der Waals surface area contributed by atoms with E-state index in [4.69, 9.17) is 4.74 Å². The maximum atomic E-state index is 10.0. The molecule has 0 fully saturated rings. The molecule has 0 saturated heterocycles. The molecule has 0 unspecified atom stereocenters. The van der Waals surface area contributed by atoms with Gasteiger partial charge in [0, 0.05) is 0 Å². The van der Waals surface area contributed by atoms with Crippen molar-refractivity contribution in [3.63, 3.8) is 0 Å². The quantitative estimate of drug-likeness (QED) is 0.874. The van der Waals surface area contributed by atoms with Crippen molar-refractivity contribution in [2.24, 2.45) is 0 Å². The van der Waals surface area contributed by atoms with E-state index in [0.717, 1.165) is 22.4 Å². The van der Waals surface area contributed by atoms with Gasteiger partial charge in [0.05, 0.1) is 7.11 Å². The zero-order chi connectivity index (χ0) is 13.1. The van der Waals surface area contributed by atoms with Gasteiger partial charge in [0.15, 0.2) is 0 Å². The number of hydrogen-bond acceptors (Lipinski definition) is 2. The van der Waals surface area contributed by atoms with Crippen LogP contribution < -0.4 is 4.74 Å². The molecule has 94 valence electrons. The number of aromatic hydroxyl groups is 1. The molecule has 0 saturated carbocycles. The van der Waals surface area contributed by atoms with Crippen LogP contribution in [0.2, 0.25) is 0 Å². The summed E-state index contributed by atoms with van der Waals surface area (Å²) in [6.07, 6.45) is 0. The number of phenols is 1. The average Bonchev–Trinajstić information content (AvgIpc) is 2.38. The van der Waals surface area contributed by atoms with Gasteiger partial charge in [-0.2, -0.15) is 0 Å². The van der Waals surface area contributed by atoms with Crippen molar-refractivity contribution < 1.29 is 9.84 Å². The van der Waals surface area contributed by atoms with Gasteiger partial charge in [0.1, 0.15) is 11.5 Å². The summed E-state index contributed by atoms with van der Waals surface area (Å²) >= 11 is 0. The molecule has 0 aromatic heterocycles. The monoisotopic (exact) mass is 242 g/mol.